The fraction of sp³-hybridized carbons (Fsp3) is 0.600. The van der Waals surface area contributed by atoms with E-state index in [2.05, 4.69) is 15.5 Å². The molecule has 22 heavy (non-hydrogen) atoms. The standard InChI is InChI=1S/C15H24N4O2S/c1-12(2)17-15(21)19-8-6-18(7-9-19)5-4-16-14(20)13-3-10-22-11-13/h3,10-12H,4-9H2,1-2H3,(H,16,20)(H,17,21). The Labute approximate surface area is 135 Å². The lowest BCUT2D eigenvalue weighted by Gasteiger charge is -2.35. The summed E-state index contributed by atoms with van der Waals surface area (Å²) in [7, 11) is 0. The van der Waals surface area contributed by atoms with Crippen molar-refractivity contribution < 1.29 is 9.59 Å². The molecule has 0 spiro atoms. The molecule has 6 nitrogen and oxygen atoms in total. The number of amides is 3. The van der Waals surface area contributed by atoms with Crippen LogP contribution >= 0.6 is 11.3 Å². The van der Waals surface area contributed by atoms with Crippen molar-refractivity contribution in [3.05, 3.63) is 22.4 Å². The molecule has 0 radical (unpaired) electrons. The van der Waals surface area contributed by atoms with Crippen LogP contribution < -0.4 is 10.6 Å². The van der Waals surface area contributed by atoms with Gasteiger partial charge in [0.2, 0.25) is 0 Å². The Morgan fingerprint density at radius 3 is 2.59 bits per heavy atom. The molecule has 0 aliphatic carbocycles. The second kappa shape index (κ2) is 8.14. The average molecular weight is 324 g/mol. The number of carbonyl (C=O) groups excluding carboxylic acids is 2. The lowest BCUT2D eigenvalue weighted by Crippen LogP contribution is -2.53. The molecule has 1 aliphatic heterocycles. The second-order valence-electron chi connectivity index (χ2n) is 5.70. The average Bonchev–Trinajstić information content (AvgIpc) is 3.01. The van der Waals surface area contributed by atoms with Crippen molar-refractivity contribution in [2.75, 3.05) is 39.3 Å². The summed E-state index contributed by atoms with van der Waals surface area (Å²) in [5.74, 6) is -0.0174. The van der Waals surface area contributed by atoms with Crippen LogP contribution in [-0.4, -0.2) is 67.0 Å². The SMILES string of the molecule is CC(C)NC(=O)N1CCN(CCNC(=O)c2ccsc2)CC1. The van der Waals surface area contributed by atoms with Gasteiger partial charge >= 0.3 is 6.03 Å². The van der Waals surface area contributed by atoms with Crippen molar-refractivity contribution in [2.24, 2.45) is 0 Å². The summed E-state index contributed by atoms with van der Waals surface area (Å²) < 4.78 is 0. The normalized spacial score (nSPS) is 15.9. The molecule has 0 aromatic carbocycles. The van der Waals surface area contributed by atoms with Gasteiger partial charge in [-0.05, 0) is 25.3 Å². The largest absolute Gasteiger partial charge is 0.351 e. The third-order valence-corrected chi connectivity index (χ3v) is 4.25. The Morgan fingerprint density at radius 2 is 2.00 bits per heavy atom. The first-order valence-corrected chi connectivity index (χ1v) is 8.58. The van der Waals surface area contributed by atoms with Gasteiger partial charge in [-0.3, -0.25) is 9.69 Å². The van der Waals surface area contributed by atoms with E-state index < -0.39 is 0 Å². The molecule has 0 bridgehead atoms. The predicted molar refractivity (Wildman–Crippen MR) is 88.3 cm³/mol. The third-order valence-electron chi connectivity index (χ3n) is 3.57. The van der Waals surface area contributed by atoms with Crippen LogP contribution in [0.1, 0.15) is 24.2 Å². The number of thiophene rings is 1. The number of piperazine rings is 1. The van der Waals surface area contributed by atoms with E-state index in [9.17, 15) is 9.59 Å². The lowest BCUT2D eigenvalue weighted by molar-refractivity contribution is 0.0942. The minimum atomic E-state index is -0.0174. The zero-order valence-corrected chi connectivity index (χ0v) is 14.0. The van der Waals surface area contributed by atoms with Gasteiger partial charge in [0.15, 0.2) is 0 Å². The van der Waals surface area contributed by atoms with Crippen LogP contribution in [0.5, 0.6) is 0 Å². The molecule has 3 amide bonds. The molecule has 0 unspecified atom stereocenters. The van der Waals surface area contributed by atoms with Crippen LogP contribution in [0.4, 0.5) is 4.79 Å². The van der Waals surface area contributed by atoms with Crippen molar-refractivity contribution in [2.45, 2.75) is 19.9 Å². The van der Waals surface area contributed by atoms with Crippen molar-refractivity contribution in [3.8, 4) is 0 Å². The predicted octanol–water partition coefficient (Wildman–Crippen LogP) is 1.21. The Kier molecular flexibility index (Phi) is 6.21. The van der Waals surface area contributed by atoms with Gasteiger partial charge in [0, 0.05) is 56.3 Å². The number of nitrogens with one attached hydrogen (secondary N) is 2. The fourth-order valence-corrected chi connectivity index (χ4v) is 2.97. The van der Waals surface area contributed by atoms with Crippen molar-refractivity contribution in [3.63, 3.8) is 0 Å². The van der Waals surface area contributed by atoms with Crippen molar-refractivity contribution in [1.82, 2.24) is 20.4 Å². The second-order valence-corrected chi connectivity index (χ2v) is 6.48. The lowest BCUT2D eigenvalue weighted by atomic mass is 10.3. The molecule has 1 fully saturated rings. The van der Waals surface area contributed by atoms with Gasteiger partial charge in [-0.15, -0.1) is 0 Å². The van der Waals surface area contributed by atoms with E-state index in [1.807, 2.05) is 35.6 Å². The van der Waals surface area contributed by atoms with Gasteiger partial charge in [-0.1, -0.05) is 0 Å². The number of nitrogens with zero attached hydrogens (tertiary/aromatic N) is 2. The molecule has 1 saturated heterocycles. The number of carbonyl (C=O) groups is 2. The van der Waals surface area contributed by atoms with Gasteiger partial charge in [-0.25, -0.2) is 4.79 Å². The molecule has 2 heterocycles. The Balaban J connectivity index is 1.63. The summed E-state index contributed by atoms with van der Waals surface area (Å²) in [4.78, 5) is 27.8. The Bertz CT molecular complexity index is 482. The molecule has 0 saturated carbocycles. The zero-order chi connectivity index (χ0) is 15.9. The first-order chi connectivity index (χ1) is 10.6. The maximum absolute atomic E-state index is 11.9. The van der Waals surface area contributed by atoms with Crippen molar-refractivity contribution >= 4 is 23.3 Å². The summed E-state index contributed by atoms with van der Waals surface area (Å²) in [6.07, 6.45) is 0. The minimum absolute atomic E-state index is 0.0143. The summed E-state index contributed by atoms with van der Waals surface area (Å²) in [5, 5.41) is 9.59. The van der Waals surface area contributed by atoms with Gasteiger partial charge in [0.1, 0.15) is 0 Å². The van der Waals surface area contributed by atoms with Gasteiger partial charge in [0.25, 0.3) is 5.91 Å². The molecule has 2 N–H and O–H groups in total. The van der Waals surface area contributed by atoms with Crippen LogP contribution in [0.2, 0.25) is 0 Å². The summed E-state index contributed by atoms with van der Waals surface area (Å²) in [6.45, 7) is 8.53. The maximum Gasteiger partial charge on any atom is 0.317 e. The fourth-order valence-electron chi connectivity index (χ4n) is 2.34. The van der Waals surface area contributed by atoms with E-state index >= 15 is 0 Å². The number of hydrogen-bond acceptors (Lipinski definition) is 4. The third kappa shape index (κ3) is 4.99. The Morgan fingerprint density at radius 1 is 1.27 bits per heavy atom. The number of rotatable bonds is 5. The molecule has 1 aliphatic rings. The summed E-state index contributed by atoms with van der Waals surface area (Å²) in [6, 6.07) is 2.00. The number of hydrogen-bond donors (Lipinski definition) is 2. The maximum atomic E-state index is 11.9. The van der Waals surface area contributed by atoms with Crippen LogP contribution in [0.25, 0.3) is 0 Å². The smallest absolute Gasteiger partial charge is 0.317 e. The first kappa shape index (κ1) is 16.8. The topological polar surface area (TPSA) is 64.7 Å². The molecular formula is C15H24N4O2S. The van der Waals surface area contributed by atoms with E-state index in [0.717, 1.165) is 38.3 Å². The van der Waals surface area contributed by atoms with Crippen molar-refractivity contribution in [1.29, 1.82) is 0 Å². The van der Waals surface area contributed by atoms with Crippen LogP contribution in [-0.2, 0) is 0 Å². The highest BCUT2D eigenvalue weighted by molar-refractivity contribution is 7.08. The molecule has 0 atom stereocenters. The van der Waals surface area contributed by atoms with Gasteiger partial charge in [0.05, 0.1) is 0 Å². The monoisotopic (exact) mass is 324 g/mol. The molecule has 1 aromatic rings. The summed E-state index contributed by atoms with van der Waals surface area (Å²) >= 11 is 1.52. The highest BCUT2D eigenvalue weighted by Gasteiger charge is 2.21. The molecular weight excluding hydrogens is 300 g/mol. The quantitative estimate of drug-likeness (QED) is 0.856. The van der Waals surface area contributed by atoms with E-state index in [1.165, 1.54) is 11.3 Å². The molecule has 2 rings (SSSR count). The number of urea groups is 1. The molecule has 1 aromatic heterocycles. The van der Waals surface area contributed by atoms with Gasteiger partial charge < -0.3 is 15.5 Å². The zero-order valence-electron chi connectivity index (χ0n) is 13.2. The minimum Gasteiger partial charge on any atom is -0.351 e. The van der Waals surface area contributed by atoms with Crippen LogP contribution in [0, 0.1) is 0 Å². The van der Waals surface area contributed by atoms with E-state index in [0.29, 0.717) is 6.54 Å². The van der Waals surface area contributed by atoms with Crippen LogP contribution in [0.3, 0.4) is 0 Å². The molecule has 122 valence electrons. The van der Waals surface area contributed by atoms with Crippen LogP contribution in [0.15, 0.2) is 16.8 Å². The van der Waals surface area contributed by atoms with E-state index in [1.54, 1.807) is 0 Å². The van der Waals surface area contributed by atoms with Gasteiger partial charge in [-0.2, -0.15) is 11.3 Å². The molecule has 7 heteroatoms. The Hall–Kier alpha value is -1.60. The summed E-state index contributed by atoms with van der Waals surface area (Å²) in [5.41, 5.74) is 0.722. The highest BCUT2D eigenvalue weighted by Crippen LogP contribution is 2.05. The van der Waals surface area contributed by atoms with E-state index in [4.69, 9.17) is 0 Å². The highest BCUT2D eigenvalue weighted by atomic mass is 32.1. The van der Waals surface area contributed by atoms with E-state index in [-0.39, 0.29) is 18.0 Å². The first-order valence-electron chi connectivity index (χ1n) is 7.64.